The minimum atomic E-state index is -4.25. The van der Waals surface area contributed by atoms with Gasteiger partial charge in [-0.25, -0.2) is 8.42 Å². The largest absolute Gasteiger partial charge is 0.744 e. The van der Waals surface area contributed by atoms with E-state index < -0.39 is 17.4 Å². The molecule has 1 rings (SSSR count). The van der Waals surface area contributed by atoms with Gasteiger partial charge in [-0.05, 0) is 43.7 Å². The fourth-order valence-corrected chi connectivity index (χ4v) is 9.13. The summed E-state index contributed by atoms with van der Waals surface area (Å²) in [5, 5.41) is 0. The molecule has 0 atom stereocenters. The van der Waals surface area contributed by atoms with E-state index >= 15 is 0 Å². The maximum absolute atomic E-state index is 10.3. The summed E-state index contributed by atoms with van der Waals surface area (Å²) in [6.07, 6.45) is 16.5. The molecule has 28 heavy (non-hydrogen) atoms. The highest BCUT2D eigenvalue weighted by atomic mass is 32.2. The van der Waals surface area contributed by atoms with Crippen molar-refractivity contribution < 1.29 is 13.0 Å². The average Bonchev–Trinajstić information content (AvgIpc) is 2.67. The number of hydrogen-bond donors (Lipinski definition) is 0. The summed E-state index contributed by atoms with van der Waals surface area (Å²) >= 11 is 0. The van der Waals surface area contributed by atoms with Crippen LogP contribution < -0.4 is 0 Å². The summed E-state index contributed by atoms with van der Waals surface area (Å²) in [4.78, 5) is -0.185. The van der Waals surface area contributed by atoms with Crippen molar-refractivity contribution in [1.29, 1.82) is 0 Å². The number of unbranched alkanes of at least 4 members (excludes halogenated alkanes) is 3. The lowest BCUT2D eigenvalue weighted by Gasteiger charge is -2.28. The molecular weight excluding hydrogens is 387 g/mol. The van der Waals surface area contributed by atoms with Crippen LogP contribution in [0, 0.1) is 5.92 Å². The van der Waals surface area contributed by atoms with Crippen molar-refractivity contribution in [3.05, 3.63) is 30.3 Å². The van der Waals surface area contributed by atoms with Gasteiger partial charge in [-0.1, -0.05) is 72.1 Å². The molecule has 3 nitrogen and oxygen atoms in total. The van der Waals surface area contributed by atoms with Gasteiger partial charge in [-0.2, -0.15) is 0 Å². The molecule has 5 heteroatoms. The van der Waals surface area contributed by atoms with Gasteiger partial charge < -0.3 is 4.55 Å². The summed E-state index contributed by atoms with van der Waals surface area (Å²) in [5.41, 5.74) is 0. The van der Waals surface area contributed by atoms with Crippen molar-refractivity contribution in [2.75, 3.05) is 24.6 Å². The molecule has 0 aliphatic rings. The zero-order valence-electron chi connectivity index (χ0n) is 18.8. The maximum Gasteiger partial charge on any atom is 0.124 e. The Morgan fingerprint density at radius 3 is 1.54 bits per heavy atom. The van der Waals surface area contributed by atoms with E-state index in [1.807, 2.05) is 0 Å². The highest BCUT2D eigenvalue weighted by Crippen LogP contribution is 2.61. The predicted molar refractivity (Wildman–Crippen MR) is 125 cm³/mol. The third-order valence-electron chi connectivity index (χ3n) is 5.17. The van der Waals surface area contributed by atoms with Crippen LogP contribution in [0.5, 0.6) is 0 Å². The van der Waals surface area contributed by atoms with E-state index in [0.29, 0.717) is 0 Å². The third kappa shape index (κ3) is 12.9. The second-order valence-corrected chi connectivity index (χ2v) is 14.1. The van der Waals surface area contributed by atoms with E-state index in [4.69, 9.17) is 0 Å². The standard InChI is InChI=1S/C17H38P.C6H6O3S/c1-6-9-13-18(14-10-7-2,15-11-8-3)16-12-17(4)5;7-10(8,9)6-4-2-1-3-5-6/h17H,6-16H2,1-5H3;1-5H,(H,7,8,9)/q+1;/p-1. The molecule has 0 saturated heterocycles. The van der Waals surface area contributed by atoms with Crippen molar-refractivity contribution >= 4 is 17.4 Å². The van der Waals surface area contributed by atoms with Crippen LogP contribution in [-0.2, 0) is 10.1 Å². The van der Waals surface area contributed by atoms with Gasteiger partial charge in [-0.3, -0.25) is 0 Å². The molecule has 0 spiro atoms. The van der Waals surface area contributed by atoms with Gasteiger partial charge in [0.2, 0.25) is 0 Å². The summed E-state index contributed by atoms with van der Waals surface area (Å²) in [6.45, 7) is 11.9. The summed E-state index contributed by atoms with van der Waals surface area (Å²) in [6, 6.07) is 7.19. The van der Waals surface area contributed by atoms with E-state index in [-0.39, 0.29) is 4.90 Å². The second-order valence-electron chi connectivity index (χ2n) is 8.25. The molecule has 164 valence electrons. The Labute approximate surface area is 175 Å². The zero-order chi connectivity index (χ0) is 21.5. The molecule has 1 aromatic rings. The van der Waals surface area contributed by atoms with Crippen LogP contribution in [0.4, 0.5) is 0 Å². The lowest BCUT2D eigenvalue weighted by molar-refractivity contribution is 0.463. The van der Waals surface area contributed by atoms with E-state index in [1.54, 1.807) is 30.7 Å². The molecule has 0 radical (unpaired) electrons. The highest BCUT2D eigenvalue weighted by molar-refractivity contribution is 7.85. The Morgan fingerprint density at radius 1 is 0.821 bits per heavy atom. The maximum atomic E-state index is 10.3. The Morgan fingerprint density at radius 2 is 1.25 bits per heavy atom. The number of hydrogen-bond acceptors (Lipinski definition) is 3. The lowest BCUT2D eigenvalue weighted by atomic mass is 10.2. The molecule has 0 amide bonds. The summed E-state index contributed by atoms with van der Waals surface area (Å²) in [5.74, 6) is 0.897. The lowest BCUT2D eigenvalue weighted by Crippen LogP contribution is -2.14. The van der Waals surface area contributed by atoms with Gasteiger partial charge in [0, 0.05) is 7.26 Å². The summed E-state index contributed by atoms with van der Waals surface area (Å²) in [7, 11) is -4.85. The minimum absolute atomic E-state index is 0.185. The van der Waals surface area contributed by atoms with E-state index in [1.165, 1.54) is 69.2 Å². The molecule has 0 unspecified atom stereocenters. The van der Waals surface area contributed by atoms with Gasteiger partial charge in [0.25, 0.3) is 0 Å². The van der Waals surface area contributed by atoms with Crippen molar-refractivity contribution in [3.8, 4) is 0 Å². The van der Waals surface area contributed by atoms with Crippen LogP contribution in [0.2, 0.25) is 0 Å². The second kappa shape index (κ2) is 15.4. The van der Waals surface area contributed by atoms with Crippen LogP contribution >= 0.6 is 7.26 Å². The fourth-order valence-electron chi connectivity index (χ4n) is 3.27. The van der Waals surface area contributed by atoms with Gasteiger partial charge in [0.1, 0.15) is 10.1 Å². The normalized spacial score (nSPS) is 12.0. The molecule has 0 bridgehead atoms. The smallest absolute Gasteiger partial charge is 0.124 e. The van der Waals surface area contributed by atoms with Gasteiger partial charge in [0.15, 0.2) is 0 Å². The van der Waals surface area contributed by atoms with E-state index in [0.717, 1.165) is 5.92 Å². The van der Waals surface area contributed by atoms with Gasteiger partial charge in [0.05, 0.1) is 29.5 Å². The monoisotopic (exact) mass is 430 g/mol. The Balaban J connectivity index is 0.000000609. The SMILES string of the molecule is CCCC[P+](CCCC)(CCCC)CCC(C)C.O=S(=O)([O-])c1ccccc1. The quantitative estimate of drug-likeness (QED) is 0.249. The Kier molecular flexibility index (Phi) is 15.2. The van der Waals surface area contributed by atoms with Gasteiger partial charge >= 0.3 is 0 Å². The number of rotatable bonds is 13. The molecule has 0 aliphatic carbocycles. The molecule has 0 N–H and O–H groups in total. The first-order valence-electron chi connectivity index (χ1n) is 11.1. The first kappa shape index (κ1) is 27.6. The van der Waals surface area contributed by atoms with E-state index in [9.17, 15) is 13.0 Å². The van der Waals surface area contributed by atoms with E-state index in [2.05, 4.69) is 34.6 Å². The molecular formula is C23H43O3PS. The van der Waals surface area contributed by atoms with Crippen LogP contribution in [0.15, 0.2) is 35.2 Å². The van der Waals surface area contributed by atoms with Gasteiger partial charge in [-0.15, -0.1) is 0 Å². The van der Waals surface area contributed by atoms with Crippen LogP contribution in [0.1, 0.15) is 79.6 Å². The fraction of sp³-hybridized carbons (Fsp3) is 0.739. The predicted octanol–water partition coefficient (Wildman–Crippen LogP) is 7.04. The highest BCUT2D eigenvalue weighted by Gasteiger charge is 2.34. The molecule has 0 fully saturated rings. The van der Waals surface area contributed by atoms with Crippen molar-refractivity contribution in [3.63, 3.8) is 0 Å². The van der Waals surface area contributed by atoms with Crippen LogP contribution in [0.3, 0.4) is 0 Å². The Bertz CT molecular complexity index is 563. The zero-order valence-corrected chi connectivity index (χ0v) is 20.5. The topological polar surface area (TPSA) is 57.2 Å². The number of benzene rings is 1. The first-order chi connectivity index (χ1) is 13.2. The summed E-state index contributed by atoms with van der Waals surface area (Å²) < 4.78 is 30.8. The molecule has 0 aliphatic heterocycles. The Hall–Kier alpha value is -0.440. The van der Waals surface area contributed by atoms with Crippen molar-refractivity contribution in [2.24, 2.45) is 5.92 Å². The van der Waals surface area contributed by atoms with Crippen molar-refractivity contribution in [2.45, 2.75) is 84.5 Å². The molecule has 0 aromatic heterocycles. The average molecular weight is 431 g/mol. The molecule has 1 aromatic carbocycles. The third-order valence-corrected chi connectivity index (χ3v) is 11.0. The van der Waals surface area contributed by atoms with Crippen LogP contribution in [-0.4, -0.2) is 37.6 Å². The van der Waals surface area contributed by atoms with Crippen molar-refractivity contribution in [1.82, 2.24) is 0 Å². The first-order valence-corrected chi connectivity index (χ1v) is 15.0. The molecule has 0 heterocycles. The molecule has 0 saturated carbocycles. The van der Waals surface area contributed by atoms with Crippen LogP contribution in [0.25, 0.3) is 0 Å². The minimum Gasteiger partial charge on any atom is -0.744 e.